The van der Waals surface area contributed by atoms with Crippen LogP contribution >= 0.6 is 0 Å². The zero-order chi connectivity index (χ0) is 13.0. The van der Waals surface area contributed by atoms with Crippen LogP contribution in [-0.4, -0.2) is 36.0 Å². The normalized spacial score (nSPS) is 23.8. The highest BCUT2D eigenvalue weighted by Gasteiger charge is 2.28. The molecule has 1 aliphatic carbocycles. The zero-order valence-corrected chi connectivity index (χ0v) is 12.0. The Labute approximate surface area is 111 Å². The van der Waals surface area contributed by atoms with Crippen molar-refractivity contribution in [2.75, 3.05) is 13.1 Å². The lowest BCUT2D eigenvalue weighted by atomic mass is 10.1. The third kappa shape index (κ3) is 3.98. The van der Waals surface area contributed by atoms with Crippen LogP contribution in [-0.2, 0) is 4.79 Å². The fourth-order valence-electron chi connectivity index (χ4n) is 2.92. The third-order valence-corrected chi connectivity index (χ3v) is 4.33. The van der Waals surface area contributed by atoms with Crippen molar-refractivity contribution in [3.8, 4) is 0 Å². The Kier molecular flexibility index (Phi) is 5.04. The standard InChI is InChI=1S/C15H28N2O/c1-3-14(11-13-7-8-13)16-12(2)15(18)17-9-5-4-6-10-17/h12-14,16H,3-11H2,1-2H3. The Morgan fingerprint density at radius 3 is 2.50 bits per heavy atom. The third-order valence-electron chi connectivity index (χ3n) is 4.33. The number of likely N-dealkylation sites (tertiary alicyclic amines) is 1. The summed E-state index contributed by atoms with van der Waals surface area (Å²) >= 11 is 0. The van der Waals surface area contributed by atoms with Crippen molar-refractivity contribution in [3.63, 3.8) is 0 Å². The number of carbonyl (C=O) groups excluding carboxylic acids is 1. The van der Waals surface area contributed by atoms with Gasteiger partial charge in [0.25, 0.3) is 0 Å². The first-order chi connectivity index (χ1) is 8.70. The predicted molar refractivity (Wildman–Crippen MR) is 74.4 cm³/mol. The van der Waals surface area contributed by atoms with Crippen LogP contribution in [0.1, 0.15) is 58.8 Å². The number of amides is 1. The second-order valence-electron chi connectivity index (χ2n) is 6.06. The summed E-state index contributed by atoms with van der Waals surface area (Å²) in [5.74, 6) is 1.24. The van der Waals surface area contributed by atoms with Crippen LogP contribution in [0.5, 0.6) is 0 Å². The second kappa shape index (κ2) is 6.55. The maximum Gasteiger partial charge on any atom is 0.239 e. The van der Waals surface area contributed by atoms with Gasteiger partial charge in [0.05, 0.1) is 6.04 Å². The molecule has 0 aromatic rings. The Morgan fingerprint density at radius 2 is 1.94 bits per heavy atom. The molecule has 18 heavy (non-hydrogen) atoms. The number of hydrogen-bond donors (Lipinski definition) is 1. The molecule has 104 valence electrons. The summed E-state index contributed by atoms with van der Waals surface area (Å²) < 4.78 is 0. The lowest BCUT2D eigenvalue weighted by Gasteiger charge is -2.31. The lowest BCUT2D eigenvalue weighted by molar-refractivity contribution is -0.134. The highest BCUT2D eigenvalue weighted by atomic mass is 16.2. The molecular formula is C15H28N2O. The Morgan fingerprint density at radius 1 is 1.28 bits per heavy atom. The topological polar surface area (TPSA) is 32.3 Å². The monoisotopic (exact) mass is 252 g/mol. The number of carbonyl (C=O) groups is 1. The highest BCUT2D eigenvalue weighted by molar-refractivity contribution is 5.81. The van der Waals surface area contributed by atoms with Crippen molar-refractivity contribution in [2.45, 2.75) is 70.9 Å². The van der Waals surface area contributed by atoms with E-state index in [1.807, 2.05) is 11.8 Å². The summed E-state index contributed by atoms with van der Waals surface area (Å²) in [5.41, 5.74) is 0. The van der Waals surface area contributed by atoms with Gasteiger partial charge in [-0.3, -0.25) is 4.79 Å². The van der Waals surface area contributed by atoms with Gasteiger partial charge in [0.2, 0.25) is 5.91 Å². The molecule has 0 spiro atoms. The smallest absolute Gasteiger partial charge is 0.239 e. The molecule has 0 bridgehead atoms. The van der Waals surface area contributed by atoms with Crippen LogP contribution in [0.3, 0.4) is 0 Å². The Bertz CT molecular complexity index is 270. The molecule has 3 heteroatoms. The van der Waals surface area contributed by atoms with Crippen LogP contribution in [0.15, 0.2) is 0 Å². The fourth-order valence-corrected chi connectivity index (χ4v) is 2.92. The van der Waals surface area contributed by atoms with E-state index >= 15 is 0 Å². The van der Waals surface area contributed by atoms with Gasteiger partial charge in [0.15, 0.2) is 0 Å². The fraction of sp³-hybridized carbons (Fsp3) is 0.933. The molecule has 2 unspecified atom stereocenters. The molecule has 1 N–H and O–H groups in total. The average Bonchev–Trinajstić information content (AvgIpc) is 3.22. The first kappa shape index (κ1) is 13.9. The van der Waals surface area contributed by atoms with Crippen LogP contribution in [0.25, 0.3) is 0 Å². The highest BCUT2D eigenvalue weighted by Crippen LogP contribution is 2.34. The van der Waals surface area contributed by atoms with Gasteiger partial charge < -0.3 is 10.2 Å². The van der Waals surface area contributed by atoms with E-state index in [0.717, 1.165) is 25.4 Å². The maximum atomic E-state index is 12.3. The lowest BCUT2D eigenvalue weighted by Crippen LogP contribution is -2.49. The molecule has 3 nitrogen and oxygen atoms in total. The van der Waals surface area contributed by atoms with E-state index in [1.54, 1.807) is 0 Å². The summed E-state index contributed by atoms with van der Waals surface area (Å²) in [4.78, 5) is 14.4. The summed E-state index contributed by atoms with van der Waals surface area (Å²) in [7, 11) is 0. The van der Waals surface area contributed by atoms with Crippen molar-refractivity contribution in [3.05, 3.63) is 0 Å². The molecule has 1 saturated heterocycles. The van der Waals surface area contributed by atoms with E-state index in [9.17, 15) is 4.79 Å². The minimum Gasteiger partial charge on any atom is -0.341 e. The number of nitrogens with one attached hydrogen (secondary N) is 1. The van der Waals surface area contributed by atoms with Crippen LogP contribution in [0, 0.1) is 5.92 Å². The van der Waals surface area contributed by atoms with Gasteiger partial charge in [-0.15, -0.1) is 0 Å². The van der Waals surface area contributed by atoms with Gasteiger partial charge >= 0.3 is 0 Å². The average molecular weight is 252 g/mol. The molecule has 0 aromatic heterocycles. The summed E-state index contributed by atoms with van der Waals surface area (Å²) in [6, 6.07) is 0.521. The SMILES string of the molecule is CCC(CC1CC1)NC(C)C(=O)N1CCCCC1. The van der Waals surface area contributed by atoms with Crippen molar-refractivity contribution < 1.29 is 4.79 Å². The van der Waals surface area contributed by atoms with Crippen molar-refractivity contribution >= 4 is 5.91 Å². The van der Waals surface area contributed by atoms with E-state index in [0.29, 0.717) is 11.9 Å². The molecule has 1 aliphatic heterocycles. The molecule has 2 aliphatic rings. The van der Waals surface area contributed by atoms with E-state index in [-0.39, 0.29) is 6.04 Å². The van der Waals surface area contributed by atoms with Crippen molar-refractivity contribution in [1.29, 1.82) is 0 Å². The van der Waals surface area contributed by atoms with Gasteiger partial charge in [-0.05, 0) is 44.9 Å². The van der Waals surface area contributed by atoms with Gasteiger partial charge in [-0.2, -0.15) is 0 Å². The Hall–Kier alpha value is -0.570. The predicted octanol–water partition coefficient (Wildman–Crippen LogP) is 2.56. The summed E-state index contributed by atoms with van der Waals surface area (Å²) in [5, 5.41) is 3.54. The molecule has 1 amide bonds. The van der Waals surface area contributed by atoms with Gasteiger partial charge in [-0.25, -0.2) is 0 Å². The Balaban J connectivity index is 1.77. The van der Waals surface area contributed by atoms with Gasteiger partial charge in [0.1, 0.15) is 0 Å². The van der Waals surface area contributed by atoms with Crippen molar-refractivity contribution in [1.82, 2.24) is 10.2 Å². The van der Waals surface area contributed by atoms with E-state index < -0.39 is 0 Å². The minimum absolute atomic E-state index is 0.00759. The van der Waals surface area contributed by atoms with Gasteiger partial charge in [0, 0.05) is 19.1 Å². The molecule has 0 aromatic carbocycles. The molecule has 1 heterocycles. The van der Waals surface area contributed by atoms with Crippen LogP contribution in [0.4, 0.5) is 0 Å². The first-order valence-electron chi connectivity index (χ1n) is 7.75. The molecule has 0 radical (unpaired) electrons. The number of hydrogen-bond acceptors (Lipinski definition) is 2. The molecule has 2 atom stereocenters. The molecule has 1 saturated carbocycles. The minimum atomic E-state index is -0.00759. The van der Waals surface area contributed by atoms with E-state index in [2.05, 4.69) is 12.2 Å². The van der Waals surface area contributed by atoms with E-state index in [1.165, 1.54) is 38.5 Å². The summed E-state index contributed by atoms with van der Waals surface area (Å²) in [6.07, 6.45) is 8.82. The molecule has 2 rings (SSSR count). The number of nitrogens with zero attached hydrogens (tertiary/aromatic N) is 1. The maximum absolute atomic E-state index is 12.3. The van der Waals surface area contributed by atoms with Gasteiger partial charge in [-0.1, -0.05) is 19.8 Å². The first-order valence-corrected chi connectivity index (χ1v) is 7.75. The largest absolute Gasteiger partial charge is 0.341 e. The quantitative estimate of drug-likeness (QED) is 0.788. The van der Waals surface area contributed by atoms with Crippen LogP contribution in [0.2, 0.25) is 0 Å². The second-order valence-corrected chi connectivity index (χ2v) is 6.06. The zero-order valence-electron chi connectivity index (χ0n) is 12.0. The number of piperidine rings is 1. The van der Waals surface area contributed by atoms with Crippen molar-refractivity contribution in [2.24, 2.45) is 5.92 Å². The molecule has 2 fully saturated rings. The van der Waals surface area contributed by atoms with Crippen LogP contribution < -0.4 is 5.32 Å². The molecular weight excluding hydrogens is 224 g/mol. The summed E-state index contributed by atoms with van der Waals surface area (Å²) in [6.45, 7) is 6.18. The number of rotatable bonds is 6. The van der Waals surface area contributed by atoms with E-state index in [4.69, 9.17) is 0 Å².